The third-order valence-electron chi connectivity index (χ3n) is 6.09. The summed E-state index contributed by atoms with van der Waals surface area (Å²) in [6.07, 6.45) is 6.66. The summed E-state index contributed by atoms with van der Waals surface area (Å²) in [7, 11) is -3.22. The summed E-state index contributed by atoms with van der Waals surface area (Å²) in [5, 5.41) is 15.8. The van der Waals surface area contributed by atoms with Crippen molar-refractivity contribution >= 4 is 27.5 Å². The number of piperidine rings is 1. The maximum Gasteiger partial charge on any atom is 0.277 e. The fourth-order valence-corrected chi connectivity index (χ4v) is 5.63. The van der Waals surface area contributed by atoms with Gasteiger partial charge in [-0.25, -0.2) is 22.7 Å². The second kappa shape index (κ2) is 7.91. The van der Waals surface area contributed by atoms with Crippen LogP contribution in [0.2, 0.25) is 0 Å². The number of hydrogen-bond donors (Lipinski definition) is 4. The molecule has 2 fully saturated rings. The third-order valence-corrected chi connectivity index (χ3v) is 7.97. The van der Waals surface area contributed by atoms with Crippen molar-refractivity contribution in [1.82, 2.24) is 19.8 Å². The van der Waals surface area contributed by atoms with E-state index in [9.17, 15) is 18.3 Å². The Balaban J connectivity index is 1.52. The van der Waals surface area contributed by atoms with Crippen LogP contribution in [-0.4, -0.2) is 77.0 Å². The van der Waals surface area contributed by atoms with Gasteiger partial charge < -0.3 is 15.3 Å². The quantitative estimate of drug-likeness (QED) is 0.423. The third kappa shape index (κ3) is 4.09. The number of amides is 1. The highest BCUT2D eigenvalue weighted by Crippen LogP contribution is 2.28. The number of rotatable bonds is 5. The zero-order valence-corrected chi connectivity index (χ0v) is 17.9. The molecule has 1 aliphatic carbocycles. The lowest BCUT2D eigenvalue weighted by Gasteiger charge is -2.41. The molecule has 11 nitrogen and oxygen atoms in total. The monoisotopic (exact) mass is 439 g/mol. The molecule has 3 heterocycles. The predicted molar refractivity (Wildman–Crippen MR) is 112 cm³/mol. The Morgan fingerprint density at radius 2 is 1.97 bits per heavy atom. The smallest absolute Gasteiger partial charge is 0.277 e. The van der Waals surface area contributed by atoms with Crippen LogP contribution in [0.3, 0.4) is 0 Å². The first-order valence-electron chi connectivity index (χ1n) is 10.5. The van der Waals surface area contributed by atoms with E-state index in [0.29, 0.717) is 31.8 Å². The zero-order valence-electron chi connectivity index (χ0n) is 17.0. The molecule has 1 saturated carbocycles. The van der Waals surface area contributed by atoms with Crippen molar-refractivity contribution in [3.05, 3.63) is 12.1 Å². The highest BCUT2D eigenvalue weighted by molar-refractivity contribution is 7.89. The summed E-state index contributed by atoms with van der Waals surface area (Å²) in [4.78, 5) is 23.1. The Bertz CT molecular complexity index is 901. The van der Waals surface area contributed by atoms with Crippen molar-refractivity contribution in [3.63, 3.8) is 0 Å². The van der Waals surface area contributed by atoms with Crippen molar-refractivity contribution in [2.24, 2.45) is 15.7 Å². The molecule has 30 heavy (non-hydrogen) atoms. The molecule has 0 spiro atoms. The van der Waals surface area contributed by atoms with Crippen LogP contribution in [0.4, 0.5) is 0 Å². The van der Waals surface area contributed by atoms with Gasteiger partial charge in [0, 0.05) is 25.2 Å². The predicted octanol–water partition coefficient (Wildman–Crippen LogP) is -0.455. The van der Waals surface area contributed by atoms with E-state index < -0.39 is 21.8 Å². The number of nitrogens with zero attached hydrogens (tertiary/aromatic N) is 4. The van der Waals surface area contributed by atoms with Crippen LogP contribution in [-0.2, 0) is 14.8 Å². The van der Waals surface area contributed by atoms with Gasteiger partial charge in [-0.05, 0) is 32.6 Å². The molecular formula is C18H29N7O4S. The van der Waals surface area contributed by atoms with Gasteiger partial charge in [0.1, 0.15) is 0 Å². The molecule has 5 N–H and O–H groups in total. The number of carbonyl (C=O) groups excluding carboxylic acids is 1. The highest BCUT2D eigenvalue weighted by Gasteiger charge is 2.43. The lowest BCUT2D eigenvalue weighted by atomic mass is 10.1. The van der Waals surface area contributed by atoms with E-state index in [-0.39, 0.29) is 29.4 Å². The molecule has 0 aromatic rings. The van der Waals surface area contributed by atoms with Gasteiger partial charge in [0.15, 0.2) is 11.5 Å². The van der Waals surface area contributed by atoms with Gasteiger partial charge >= 0.3 is 0 Å². The Hall–Kier alpha value is -2.02. The van der Waals surface area contributed by atoms with E-state index in [1.807, 2.05) is 4.90 Å². The molecular weight excluding hydrogens is 410 g/mol. The second-order valence-electron chi connectivity index (χ2n) is 8.17. The largest absolute Gasteiger partial charge is 0.492 e. The molecule has 1 atom stereocenters. The van der Waals surface area contributed by atoms with Crippen LogP contribution in [0, 0.1) is 0 Å². The van der Waals surface area contributed by atoms with Crippen LogP contribution >= 0.6 is 0 Å². The minimum absolute atomic E-state index is 0.0497. The van der Waals surface area contributed by atoms with E-state index in [2.05, 4.69) is 20.6 Å². The van der Waals surface area contributed by atoms with Crippen LogP contribution in [0.5, 0.6) is 0 Å². The average Bonchev–Trinajstić information content (AvgIpc) is 3.23. The lowest BCUT2D eigenvalue weighted by Crippen LogP contribution is -2.72. The molecule has 1 amide bonds. The first-order valence-corrected chi connectivity index (χ1v) is 12.1. The lowest BCUT2D eigenvalue weighted by molar-refractivity contribution is -0.117. The molecule has 4 rings (SSSR count). The molecule has 3 aliphatic heterocycles. The summed E-state index contributed by atoms with van der Waals surface area (Å²) in [5.41, 5.74) is 6.45. The Labute approximate surface area is 176 Å². The minimum atomic E-state index is -3.22. The van der Waals surface area contributed by atoms with Crippen LogP contribution < -0.4 is 16.4 Å². The van der Waals surface area contributed by atoms with Crippen molar-refractivity contribution in [3.8, 4) is 0 Å². The molecule has 1 saturated heterocycles. The van der Waals surface area contributed by atoms with Gasteiger partial charge in [-0.15, -0.1) is 0 Å². The highest BCUT2D eigenvalue weighted by atomic mass is 32.2. The summed E-state index contributed by atoms with van der Waals surface area (Å²) in [6.45, 7) is 2.42. The number of nitrogens with two attached hydrogens (primary N) is 1. The summed E-state index contributed by atoms with van der Waals surface area (Å²) >= 11 is 0. The Kier molecular flexibility index (Phi) is 5.60. The molecule has 4 aliphatic rings. The number of aliphatic imine (C=N–C) groups is 2. The molecule has 12 heteroatoms. The topological polar surface area (TPSA) is 153 Å². The van der Waals surface area contributed by atoms with E-state index in [4.69, 9.17) is 5.73 Å². The number of nitrogens with one attached hydrogen (secondary N) is 2. The van der Waals surface area contributed by atoms with E-state index in [1.165, 1.54) is 10.5 Å². The molecule has 1 unspecified atom stereocenters. The first kappa shape index (κ1) is 21.2. The molecule has 166 valence electrons. The van der Waals surface area contributed by atoms with Crippen molar-refractivity contribution in [2.45, 2.75) is 63.4 Å². The van der Waals surface area contributed by atoms with E-state index in [0.717, 1.165) is 25.7 Å². The standard InChI is InChI=1S/C18H29N7O4S/c1-2-30(28,29)24-9-7-12(8-10-24)21-18(19)22-16-15(17(27)23-18)20-14(26)11-25(16)13-5-3-4-6-13/h11-13,21,26H,2-10,19H2,1H3,(H,23,27). The van der Waals surface area contributed by atoms with Gasteiger partial charge in [0.05, 0.1) is 12.0 Å². The maximum absolute atomic E-state index is 12.7. The normalized spacial score (nSPS) is 29.2. The molecule has 0 aromatic carbocycles. The van der Waals surface area contributed by atoms with Gasteiger partial charge in [-0.1, -0.05) is 12.8 Å². The number of hydrogen-bond acceptors (Lipinski definition) is 9. The van der Waals surface area contributed by atoms with Crippen molar-refractivity contribution < 1.29 is 18.3 Å². The number of fused-ring (bicyclic) bond motifs is 1. The average molecular weight is 440 g/mol. The number of sulfonamides is 1. The second-order valence-corrected chi connectivity index (χ2v) is 10.4. The van der Waals surface area contributed by atoms with Crippen molar-refractivity contribution in [2.75, 3.05) is 18.8 Å². The summed E-state index contributed by atoms with van der Waals surface area (Å²) in [5.74, 6) is -1.84. The maximum atomic E-state index is 12.7. The van der Waals surface area contributed by atoms with Crippen LogP contribution in [0.1, 0.15) is 45.4 Å². The Morgan fingerprint density at radius 3 is 2.60 bits per heavy atom. The molecule has 0 radical (unpaired) electrons. The zero-order chi connectivity index (χ0) is 21.5. The number of aliphatic hydroxyl groups excluding tert-OH is 1. The van der Waals surface area contributed by atoms with E-state index >= 15 is 0 Å². The van der Waals surface area contributed by atoms with Crippen molar-refractivity contribution in [1.29, 1.82) is 0 Å². The van der Waals surface area contributed by atoms with Gasteiger partial charge in [0.25, 0.3) is 5.91 Å². The summed E-state index contributed by atoms with van der Waals surface area (Å²) < 4.78 is 25.6. The van der Waals surface area contributed by atoms with Gasteiger partial charge in [0.2, 0.25) is 21.8 Å². The minimum Gasteiger partial charge on any atom is -0.492 e. The number of amidine groups is 1. The summed E-state index contributed by atoms with van der Waals surface area (Å²) in [6, 6.07) is 0.0305. The number of carbonyl (C=O) groups is 1. The van der Waals surface area contributed by atoms with Gasteiger partial charge in [-0.3, -0.25) is 15.8 Å². The number of aliphatic hydroxyl groups is 1. The molecule has 0 bridgehead atoms. The van der Waals surface area contributed by atoms with Crippen LogP contribution in [0.15, 0.2) is 22.1 Å². The first-order chi connectivity index (χ1) is 14.2. The molecule has 0 aromatic heterocycles. The van der Waals surface area contributed by atoms with Crippen LogP contribution in [0.25, 0.3) is 0 Å². The van der Waals surface area contributed by atoms with Gasteiger partial charge in [-0.2, -0.15) is 0 Å². The fraction of sp³-hybridized carbons (Fsp3) is 0.722. The fourth-order valence-electron chi connectivity index (χ4n) is 4.49. The Morgan fingerprint density at radius 1 is 1.30 bits per heavy atom. The van der Waals surface area contributed by atoms with E-state index in [1.54, 1.807) is 6.92 Å². The SMILES string of the molecule is CCS(=O)(=O)N1CCC(NC2(N)N=C3C(=NC(O)=CN3C3CCCC3)C(=O)N2)CC1.